The number of amides is 1. The summed E-state index contributed by atoms with van der Waals surface area (Å²) < 4.78 is 5.11. The Kier molecular flexibility index (Phi) is 5.43. The van der Waals surface area contributed by atoms with Gasteiger partial charge in [-0.05, 0) is 29.8 Å². The zero-order valence-electron chi connectivity index (χ0n) is 12.2. The fraction of sp³-hybridized carbons (Fsp3) is 0.125. The highest BCUT2D eigenvalue weighted by Gasteiger charge is 2.09. The summed E-state index contributed by atoms with van der Waals surface area (Å²) in [6.07, 6.45) is 0. The first-order valence-corrected chi connectivity index (χ1v) is 7.62. The summed E-state index contributed by atoms with van der Waals surface area (Å²) in [6, 6.07) is 12.8. The van der Waals surface area contributed by atoms with Gasteiger partial charge in [0.05, 0.1) is 29.6 Å². The predicted molar refractivity (Wildman–Crippen MR) is 91.8 cm³/mol. The number of hydrogen-bond donors (Lipinski definition) is 2. The quantitative estimate of drug-likeness (QED) is 0.487. The molecule has 0 unspecified atom stereocenters. The van der Waals surface area contributed by atoms with Gasteiger partial charge in [-0.1, -0.05) is 18.2 Å². The molecule has 0 fully saturated rings. The van der Waals surface area contributed by atoms with Crippen LogP contribution in [0.1, 0.15) is 15.9 Å². The van der Waals surface area contributed by atoms with Gasteiger partial charge in [0.15, 0.2) is 0 Å². The Balaban J connectivity index is 2.02. The van der Waals surface area contributed by atoms with Crippen LogP contribution in [0.5, 0.6) is 5.75 Å². The lowest BCUT2D eigenvalue weighted by atomic mass is 10.1. The maximum absolute atomic E-state index is 11.4. The van der Waals surface area contributed by atoms with Crippen LogP contribution in [0.2, 0.25) is 0 Å². The molecule has 0 aliphatic heterocycles. The van der Waals surface area contributed by atoms with Gasteiger partial charge in [-0.25, -0.2) is 4.99 Å². The summed E-state index contributed by atoms with van der Waals surface area (Å²) in [7, 11) is 1.64. The largest absolute Gasteiger partial charge is 0.497 e. The summed E-state index contributed by atoms with van der Waals surface area (Å²) in [5, 5.41) is 0. The van der Waals surface area contributed by atoms with Gasteiger partial charge in [-0.15, -0.1) is 11.8 Å². The SMILES string of the molecule is COc1ccc(CSC=Nc2c(N)cccc2C(N)=O)cc1. The second-order valence-corrected chi connectivity index (χ2v) is 5.33. The number of hydrogen-bond acceptors (Lipinski definition) is 5. The number of aliphatic imine (C=N–C) groups is 1. The lowest BCUT2D eigenvalue weighted by Gasteiger charge is -2.05. The van der Waals surface area contributed by atoms with Crippen molar-refractivity contribution in [1.29, 1.82) is 0 Å². The van der Waals surface area contributed by atoms with Crippen LogP contribution in [-0.4, -0.2) is 18.6 Å². The molecule has 5 nitrogen and oxygen atoms in total. The Morgan fingerprint density at radius 1 is 1.27 bits per heavy atom. The molecule has 0 atom stereocenters. The monoisotopic (exact) mass is 315 g/mol. The van der Waals surface area contributed by atoms with Crippen molar-refractivity contribution in [1.82, 2.24) is 0 Å². The Morgan fingerprint density at radius 3 is 2.64 bits per heavy atom. The number of benzene rings is 2. The number of nitrogens with two attached hydrogens (primary N) is 2. The molecule has 4 N–H and O–H groups in total. The van der Waals surface area contributed by atoms with Crippen LogP contribution < -0.4 is 16.2 Å². The minimum atomic E-state index is -0.542. The molecule has 0 aliphatic rings. The number of thioether (sulfide) groups is 1. The minimum Gasteiger partial charge on any atom is -0.497 e. The van der Waals surface area contributed by atoms with Gasteiger partial charge in [0.25, 0.3) is 5.91 Å². The molecule has 0 spiro atoms. The standard InChI is InChI=1S/C16H17N3O2S/c1-21-12-7-5-11(6-8-12)9-22-10-19-15-13(16(18)20)3-2-4-14(15)17/h2-8,10H,9,17H2,1H3,(H2,18,20). The number of carbonyl (C=O) groups is 1. The van der Waals surface area contributed by atoms with Crippen molar-refractivity contribution >= 4 is 34.6 Å². The Bertz CT molecular complexity index is 684. The number of primary amides is 1. The van der Waals surface area contributed by atoms with Gasteiger partial charge in [-0.2, -0.15) is 0 Å². The molecule has 0 saturated carbocycles. The van der Waals surface area contributed by atoms with E-state index in [4.69, 9.17) is 16.2 Å². The van der Waals surface area contributed by atoms with E-state index in [-0.39, 0.29) is 0 Å². The lowest BCUT2D eigenvalue weighted by molar-refractivity contribution is 0.100. The molecule has 0 radical (unpaired) electrons. The summed E-state index contributed by atoms with van der Waals surface area (Å²) in [6.45, 7) is 0. The van der Waals surface area contributed by atoms with Crippen molar-refractivity contribution in [3.8, 4) is 5.75 Å². The second kappa shape index (κ2) is 7.51. The van der Waals surface area contributed by atoms with Crippen LogP contribution >= 0.6 is 11.8 Å². The van der Waals surface area contributed by atoms with Crippen molar-refractivity contribution in [2.24, 2.45) is 10.7 Å². The lowest BCUT2D eigenvalue weighted by Crippen LogP contribution is -2.11. The van der Waals surface area contributed by atoms with Gasteiger partial charge in [-0.3, -0.25) is 4.79 Å². The maximum atomic E-state index is 11.4. The van der Waals surface area contributed by atoms with Gasteiger partial charge < -0.3 is 16.2 Å². The summed E-state index contributed by atoms with van der Waals surface area (Å²) >= 11 is 1.50. The van der Waals surface area contributed by atoms with Crippen LogP contribution in [-0.2, 0) is 5.75 Å². The molecule has 22 heavy (non-hydrogen) atoms. The van der Waals surface area contributed by atoms with E-state index in [0.717, 1.165) is 17.1 Å². The van der Waals surface area contributed by atoms with Gasteiger partial charge >= 0.3 is 0 Å². The van der Waals surface area contributed by atoms with Crippen LogP contribution in [0.15, 0.2) is 47.5 Å². The van der Waals surface area contributed by atoms with Crippen molar-refractivity contribution in [2.75, 3.05) is 12.8 Å². The number of ether oxygens (including phenoxy) is 1. The summed E-state index contributed by atoms with van der Waals surface area (Å²) in [5.41, 5.74) is 15.1. The minimum absolute atomic E-state index is 0.321. The Morgan fingerprint density at radius 2 is 2.00 bits per heavy atom. The first-order valence-electron chi connectivity index (χ1n) is 6.57. The fourth-order valence-electron chi connectivity index (χ4n) is 1.85. The maximum Gasteiger partial charge on any atom is 0.250 e. The highest BCUT2D eigenvalue weighted by molar-refractivity contribution is 8.11. The number of anilines is 1. The van der Waals surface area contributed by atoms with E-state index < -0.39 is 5.91 Å². The number of para-hydroxylation sites is 1. The van der Waals surface area contributed by atoms with Crippen molar-refractivity contribution in [2.45, 2.75) is 5.75 Å². The second-order valence-electron chi connectivity index (χ2n) is 4.50. The Labute approximate surface area is 133 Å². The van der Waals surface area contributed by atoms with E-state index in [2.05, 4.69) is 4.99 Å². The first-order chi connectivity index (χ1) is 10.6. The van der Waals surface area contributed by atoms with E-state index in [0.29, 0.717) is 16.9 Å². The van der Waals surface area contributed by atoms with Crippen LogP contribution in [0.3, 0.4) is 0 Å². The average Bonchev–Trinajstić information content (AvgIpc) is 2.53. The Hall–Kier alpha value is -2.47. The summed E-state index contributed by atoms with van der Waals surface area (Å²) in [4.78, 5) is 15.6. The molecule has 6 heteroatoms. The topological polar surface area (TPSA) is 90.7 Å². The zero-order valence-corrected chi connectivity index (χ0v) is 13.0. The molecular weight excluding hydrogens is 298 g/mol. The van der Waals surface area contributed by atoms with E-state index in [1.165, 1.54) is 11.8 Å². The molecule has 1 amide bonds. The summed E-state index contributed by atoms with van der Waals surface area (Å²) in [5.74, 6) is 1.04. The first kappa shape index (κ1) is 15.9. The molecule has 0 saturated heterocycles. The van der Waals surface area contributed by atoms with Crippen LogP contribution in [0.25, 0.3) is 0 Å². The molecule has 0 bridgehead atoms. The normalized spacial score (nSPS) is 10.8. The van der Waals surface area contributed by atoms with Gasteiger partial charge in [0.1, 0.15) is 5.75 Å². The number of nitrogen functional groups attached to an aromatic ring is 1. The highest BCUT2D eigenvalue weighted by atomic mass is 32.2. The molecule has 2 aromatic carbocycles. The average molecular weight is 315 g/mol. The molecular formula is C16H17N3O2S. The molecule has 114 valence electrons. The third kappa shape index (κ3) is 4.02. The third-order valence-corrected chi connectivity index (χ3v) is 3.75. The van der Waals surface area contributed by atoms with E-state index >= 15 is 0 Å². The van der Waals surface area contributed by atoms with Crippen molar-refractivity contribution < 1.29 is 9.53 Å². The number of rotatable bonds is 6. The molecule has 0 heterocycles. The van der Waals surface area contributed by atoms with Crippen LogP contribution in [0, 0.1) is 0 Å². The molecule has 0 aliphatic carbocycles. The number of nitrogens with zero attached hydrogens (tertiary/aromatic N) is 1. The number of methoxy groups -OCH3 is 1. The molecule has 2 rings (SSSR count). The highest BCUT2D eigenvalue weighted by Crippen LogP contribution is 2.27. The molecule has 2 aromatic rings. The van der Waals surface area contributed by atoms with Gasteiger partial charge in [0.2, 0.25) is 0 Å². The van der Waals surface area contributed by atoms with Gasteiger partial charge in [0, 0.05) is 5.75 Å². The van der Waals surface area contributed by atoms with E-state index in [9.17, 15) is 4.79 Å². The van der Waals surface area contributed by atoms with Crippen molar-refractivity contribution in [3.05, 3.63) is 53.6 Å². The third-order valence-electron chi connectivity index (χ3n) is 3.00. The zero-order chi connectivity index (χ0) is 15.9. The van der Waals surface area contributed by atoms with E-state index in [1.54, 1.807) is 30.9 Å². The fourth-order valence-corrected chi connectivity index (χ4v) is 2.49. The van der Waals surface area contributed by atoms with E-state index in [1.807, 2.05) is 24.3 Å². The smallest absolute Gasteiger partial charge is 0.250 e. The predicted octanol–water partition coefficient (Wildman–Crippen LogP) is 2.97. The molecule has 0 aromatic heterocycles. The number of carbonyl (C=O) groups excluding carboxylic acids is 1. The van der Waals surface area contributed by atoms with Crippen LogP contribution in [0.4, 0.5) is 11.4 Å². The van der Waals surface area contributed by atoms with Crippen molar-refractivity contribution in [3.63, 3.8) is 0 Å².